The second-order valence-electron chi connectivity index (χ2n) is 5.14. The number of aryl methyl sites for hydroxylation is 2. The standard InChI is InChI=1S/C18H20ClNO2/c1-14-12-16(9-10-17(14)19)22-13-18(21)20-11-5-8-15-6-3-2-4-7-15/h2-4,6-7,9-10,12H,5,8,11,13H2,1H3,(H,20,21). The van der Waals surface area contributed by atoms with Crippen molar-refractivity contribution in [2.24, 2.45) is 0 Å². The molecule has 0 aliphatic carbocycles. The maximum atomic E-state index is 11.7. The summed E-state index contributed by atoms with van der Waals surface area (Å²) in [5.41, 5.74) is 2.21. The van der Waals surface area contributed by atoms with Gasteiger partial charge in [-0.15, -0.1) is 0 Å². The van der Waals surface area contributed by atoms with Crippen LogP contribution < -0.4 is 10.1 Å². The molecule has 1 amide bonds. The number of carbonyl (C=O) groups excluding carboxylic acids is 1. The lowest BCUT2D eigenvalue weighted by atomic mass is 10.1. The first kappa shape index (κ1) is 16.4. The first-order chi connectivity index (χ1) is 10.6. The molecule has 0 spiro atoms. The van der Waals surface area contributed by atoms with Crippen molar-refractivity contribution in [1.29, 1.82) is 0 Å². The molecule has 0 aliphatic rings. The Kier molecular flexibility index (Phi) is 6.28. The van der Waals surface area contributed by atoms with Crippen molar-refractivity contribution in [3.63, 3.8) is 0 Å². The van der Waals surface area contributed by atoms with Crippen LogP contribution in [0, 0.1) is 6.92 Å². The molecule has 2 rings (SSSR count). The van der Waals surface area contributed by atoms with Gasteiger partial charge in [-0.3, -0.25) is 4.79 Å². The van der Waals surface area contributed by atoms with Crippen LogP contribution in [0.15, 0.2) is 48.5 Å². The summed E-state index contributed by atoms with van der Waals surface area (Å²) < 4.78 is 5.45. The van der Waals surface area contributed by atoms with Gasteiger partial charge < -0.3 is 10.1 Å². The quantitative estimate of drug-likeness (QED) is 0.789. The van der Waals surface area contributed by atoms with Crippen molar-refractivity contribution < 1.29 is 9.53 Å². The number of nitrogens with one attached hydrogen (secondary N) is 1. The van der Waals surface area contributed by atoms with Gasteiger partial charge in [-0.05, 0) is 49.1 Å². The van der Waals surface area contributed by atoms with Gasteiger partial charge in [-0.2, -0.15) is 0 Å². The average Bonchev–Trinajstić information content (AvgIpc) is 2.54. The summed E-state index contributed by atoms with van der Waals surface area (Å²) in [6.07, 6.45) is 1.87. The third kappa shape index (κ3) is 5.41. The van der Waals surface area contributed by atoms with Crippen LogP contribution in [0.1, 0.15) is 17.5 Å². The third-order valence-electron chi connectivity index (χ3n) is 3.31. The van der Waals surface area contributed by atoms with Crippen LogP contribution in [0.4, 0.5) is 0 Å². The third-order valence-corrected chi connectivity index (χ3v) is 3.73. The number of hydrogen-bond donors (Lipinski definition) is 1. The lowest BCUT2D eigenvalue weighted by Crippen LogP contribution is -2.29. The molecule has 0 saturated carbocycles. The number of halogens is 1. The maximum Gasteiger partial charge on any atom is 0.257 e. The van der Waals surface area contributed by atoms with Crippen molar-refractivity contribution in [3.05, 3.63) is 64.7 Å². The minimum Gasteiger partial charge on any atom is -0.484 e. The highest BCUT2D eigenvalue weighted by Gasteiger charge is 2.03. The maximum absolute atomic E-state index is 11.7. The van der Waals surface area contributed by atoms with E-state index in [1.807, 2.05) is 31.2 Å². The van der Waals surface area contributed by atoms with E-state index in [-0.39, 0.29) is 12.5 Å². The normalized spacial score (nSPS) is 10.3. The molecule has 0 saturated heterocycles. The number of ether oxygens (including phenoxy) is 1. The molecule has 116 valence electrons. The average molecular weight is 318 g/mol. The summed E-state index contributed by atoms with van der Waals surface area (Å²) >= 11 is 5.94. The highest BCUT2D eigenvalue weighted by molar-refractivity contribution is 6.31. The Bertz CT molecular complexity index is 614. The first-order valence-corrected chi connectivity index (χ1v) is 7.72. The van der Waals surface area contributed by atoms with Gasteiger partial charge >= 0.3 is 0 Å². The molecule has 4 heteroatoms. The summed E-state index contributed by atoms with van der Waals surface area (Å²) in [7, 11) is 0. The Morgan fingerprint density at radius 3 is 2.68 bits per heavy atom. The summed E-state index contributed by atoms with van der Waals surface area (Å²) in [6.45, 7) is 2.57. The molecule has 0 radical (unpaired) electrons. The monoisotopic (exact) mass is 317 g/mol. The number of rotatable bonds is 7. The van der Waals surface area contributed by atoms with Gasteiger partial charge in [-0.1, -0.05) is 41.9 Å². The fraction of sp³-hybridized carbons (Fsp3) is 0.278. The van der Waals surface area contributed by atoms with Crippen LogP contribution >= 0.6 is 11.6 Å². The van der Waals surface area contributed by atoms with E-state index in [1.165, 1.54) is 5.56 Å². The Morgan fingerprint density at radius 2 is 1.95 bits per heavy atom. The second kappa shape index (κ2) is 8.44. The lowest BCUT2D eigenvalue weighted by molar-refractivity contribution is -0.123. The van der Waals surface area contributed by atoms with E-state index in [2.05, 4.69) is 17.4 Å². The van der Waals surface area contributed by atoms with Crippen molar-refractivity contribution in [2.75, 3.05) is 13.2 Å². The van der Waals surface area contributed by atoms with Gasteiger partial charge in [0.05, 0.1) is 0 Å². The number of carbonyl (C=O) groups is 1. The summed E-state index contributed by atoms with van der Waals surface area (Å²) in [5.74, 6) is 0.544. The second-order valence-corrected chi connectivity index (χ2v) is 5.55. The number of hydrogen-bond acceptors (Lipinski definition) is 2. The van der Waals surface area contributed by atoms with Gasteiger partial charge in [0.15, 0.2) is 6.61 Å². The molecule has 0 aliphatic heterocycles. The minimum atomic E-state index is -0.110. The molecular formula is C18H20ClNO2. The van der Waals surface area contributed by atoms with Crippen LogP contribution in [0.2, 0.25) is 5.02 Å². The van der Waals surface area contributed by atoms with E-state index in [4.69, 9.17) is 16.3 Å². The van der Waals surface area contributed by atoms with Crippen LogP contribution in [-0.4, -0.2) is 19.1 Å². The molecule has 0 unspecified atom stereocenters. The molecule has 22 heavy (non-hydrogen) atoms. The van der Waals surface area contributed by atoms with Gasteiger partial charge in [0.2, 0.25) is 0 Å². The van der Waals surface area contributed by atoms with Gasteiger partial charge in [-0.25, -0.2) is 0 Å². The van der Waals surface area contributed by atoms with Gasteiger partial charge in [0.1, 0.15) is 5.75 Å². The topological polar surface area (TPSA) is 38.3 Å². The van der Waals surface area contributed by atoms with Crippen LogP contribution in [0.5, 0.6) is 5.75 Å². The molecule has 0 heterocycles. The van der Waals surface area contributed by atoms with Crippen LogP contribution in [0.3, 0.4) is 0 Å². The summed E-state index contributed by atoms with van der Waals surface area (Å²) in [5, 5.41) is 3.55. The molecule has 1 N–H and O–H groups in total. The molecule has 0 aromatic heterocycles. The van der Waals surface area contributed by atoms with E-state index in [9.17, 15) is 4.79 Å². The van der Waals surface area contributed by atoms with Crippen molar-refractivity contribution in [1.82, 2.24) is 5.32 Å². The zero-order chi connectivity index (χ0) is 15.8. The largest absolute Gasteiger partial charge is 0.484 e. The fourth-order valence-corrected chi connectivity index (χ4v) is 2.19. The minimum absolute atomic E-state index is 0.0202. The van der Waals surface area contributed by atoms with E-state index >= 15 is 0 Å². The predicted octanol–water partition coefficient (Wildman–Crippen LogP) is 3.78. The van der Waals surface area contributed by atoms with E-state index in [1.54, 1.807) is 12.1 Å². The van der Waals surface area contributed by atoms with E-state index < -0.39 is 0 Å². The van der Waals surface area contributed by atoms with Crippen LogP contribution in [-0.2, 0) is 11.2 Å². The highest BCUT2D eigenvalue weighted by atomic mass is 35.5. The molecular weight excluding hydrogens is 298 g/mol. The highest BCUT2D eigenvalue weighted by Crippen LogP contribution is 2.20. The number of amides is 1. The fourth-order valence-electron chi connectivity index (χ4n) is 2.07. The van der Waals surface area contributed by atoms with E-state index in [0.29, 0.717) is 17.3 Å². The Hall–Kier alpha value is -2.00. The summed E-state index contributed by atoms with van der Waals surface area (Å²) in [4.78, 5) is 11.7. The molecule has 0 fully saturated rings. The van der Waals surface area contributed by atoms with Gasteiger partial charge in [0.25, 0.3) is 5.91 Å². The molecule has 0 bridgehead atoms. The van der Waals surface area contributed by atoms with Crippen molar-refractivity contribution >= 4 is 17.5 Å². The Balaban J connectivity index is 1.64. The van der Waals surface area contributed by atoms with E-state index in [0.717, 1.165) is 18.4 Å². The first-order valence-electron chi connectivity index (χ1n) is 7.35. The SMILES string of the molecule is Cc1cc(OCC(=O)NCCCc2ccccc2)ccc1Cl. The molecule has 0 atom stereocenters. The van der Waals surface area contributed by atoms with Gasteiger partial charge in [0, 0.05) is 11.6 Å². The number of benzene rings is 2. The molecule has 2 aromatic rings. The zero-order valence-electron chi connectivity index (χ0n) is 12.6. The molecule has 3 nitrogen and oxygen atoms in total. The van der Waals surface area contributed by atoms with Crippen LogP contribution in [0.25, 0.3) is 0 Å². The van der Waals surface area contributed by atoms with Crippen molar-refractivity contribution in [3.8, 4) is 5.75 Å². The smallest absolute Gasteiger partial charge is 0.257 e. The Labute approximate surface area is 136 Å². The van der Waals surface area contributed by atoms with Crippen molar-refractivity contribution in [2.45, 2.75) is 19.8 Å². The zero-order valence-corrected chi connectivity index (χ0v) is 13.4. The predicted molar refractivity (Wildman–Crippen MR) is 89.5 cm³/mol. The lowest BCUT2D eigenvalue weighted by Gasteiger charge is -2.08. The Morgan fingerprint density at radius 1 is 1.18 bits per heavy atom. The molecule has 2 aromatic carbocycles. The summed E-state index contributed by atoms with van der Waals surface area (Å²) in [6, 6.07) is 15.6.